The van der Waals surface area contributed by atoms with Crippen LogP contribution in [0.25, 0.3) is 0 Å². The maximum Gasteiger partial charge on any atom is 0.303 e. The Labute approximate surface area is 418 Å². The first-order valence-corrected chi connectivity index (χ1v) is 26.4. The molecule has 402 valence electrons. The fourth-order valence-corrected chi connectivity index (χ4v) is 7.67. The van der Waals surface area contributed by atoms with Gasteiger partial charge in [-0.1, -0.05) is 111 Å². The van der Waals surface area contributed by atoms with Crippen LogP contribution in [-0.4, -0.2) is 141 Å². The summed E-state index contributed by atoms with van der Waals surface area (Å²) in [4.78, 5) is 93.2. The molecule has 0 spiro atoms. The first-order valence-electron chi connectivity index (χ1n) is 26.4. The van der Waals surface area contributed by atoms with Crippen LogP contribution < -0.4 is 21.7 Å². The number of aliphatic carboxylic acids is 1. The third kappa shape index (κ3) is 36.9. The van der Waals surface area contributed by atoms with Crippen molar-refractivity contribution in [1.82, 2.24) is 25.9 Å². The average Bonchev–Trinajstić information content (AvgIpc) is 3.84. The molecular formula is C52H92N6O12. The van der Waals surface area contributed by atoms with Crippen molar-refractivity contribution < 1.29 is 57.6 Å². The van der Waals surface area contributed by atoms with Gasteiger partial charge in [-0.2, -0.15) is 0 Å². The summed E-state index contributed by atoms with van der Waals surface area (Å²) in [6.45, 7) is 7.45. The van der Waals surface area contributed by atoms with Crippen molar-refractivity contribution in [3.8, 4) is 0 Å². The van der Waals surface area contributed by atoms with E-state index in [0.717, 1.165) is 12.8 Å². The van der Waals surface area contributed by atoms with Gasteiger partial charge in [-0.15, -0.1) is 0 Å². The number of aromatic nitrogens is 2. The number of carbonyl (C=O) groups is 7. The van der Waals surface area contributed by atoms with Gasteiger partial charge in [0.1, 0.15) is 24.8 Å². The molecule has 0 aliphatic rings. The minimum Gasteiger partial charge on any atom is -0.481 e. The molecule has 2 amide bonds. The van der Waals surface area contributed by atoms with E-state index in [1.165, 1.54) is 89.8 Å². The summed E-state index contributed by atoms with van der Waals surface area (Å²) >= 11 is 0. The Kier molecular flexibility index (Phi) is 39.1. The SMILES string of the molecule is CCCCCCCCCCCCCCCCCC(=O)CCCOCCOCC(=O)NCCOCCOCC(=O)NCCCC[C@H](NCC(=O)C(C)(C)CC(=O)[C@@H](N)Cc1cnc[nH]1)C(=O)CCC(=O)O. The van der Waals surface area contributed by atoms with Crippen LogP contribution in [0.1, 0.15) is 181 Å². The number of carbonyl (C=O) groups excluding carboxylic acids is 6. The van der Waals surface area contributed by atoms with Gasteiger partial charge in [0.05, 0.1) is 64.4 Å². The van der Waals surface area contributed by atoms with E-state index < -0.39 is 23.5 Å². The molecule has 0 radical (unpaired) electrons. The zero-order chi connectivity index (χ0) is 51.5. The number of hydrogen-bond donors (Lipinski definition) is 6. The van der Waals surface area contributed by atoms with Gasteiger partial charge in [0.2, 0.25) is 11.8 Å². The van der Waals surface area contributed by atoms with E-state index in [1.54, 1.807) is 20.0 Å². The van der Waals surface area contributed by atoms with Crippen LogP contribution in [0.3, 0.4) is 0 Å². The van der Waals surface area contributed by atoms with Crippen molar-refractivity contribution in [3.05, 3.63) is 18.2 Å². The van der Waals surface area contributed by atoms with Crippen molar-refractivity contribution >= 4 is 40.9 Å². The van der Waals surface area contributed by atoms with Crippen molar-refractivity contribution in [2.45, 2.75) is 193 Å². The molecule has 0 fully saturated rings. The average molecular weight is 993 g/mol. The highest BCUT2D eigenvalue weighted by atomic mass is 16.5. The van der Waals surface area contributed by atoms with Crippen molar-refractivity contribution in [3.63, 3.8) is 0 Å². The number of nitrogens with one attached hydrogen (secondary N) is 4. The second kappa shape index (κ2) is 42.7. The summed E-state index contributed by atoms with van der Waals surface area (Å²) in [6, 6.07) is -1.59. The number of hydrogen-bond acceptors (Lipinski definition) is 14. The minimum absolute atomic E-state index is 0.0858. The van der Waals surface area contributed by atoms with Crippen LogP contribution in [0.5, 0.6) is 0 Å². The molecule has 0 saturated heterocycles. The standard InChI is InChI=1S/C52H92N6O12/c1-4-5-6-7-8-9-10-11-12-13-14-15-16-17-18-22-43(59)23-21-29-67-31-33-69-40-50(64)56-28-30-68-32-34-70-39-49(63)55-27-20-19-24-45(46(60)25-26-51(65)66)57-38-48(62)52(2,3)36-47(61)44(53)35-42-37-54-41-58-42/h37,41,44-45,57H,4-36,38-40,53H2,1-3H3,(H,54,58)(H,55,63)(H,56,64)(H,65,66)/t44-,45-/m0/s1. The van der Waals surface area contributed by atoms with Gasteiger partial charge in [0.25, 0.3) is 0 Å². The largest absolute Gasteiger partial charge is 0.481 e. The number of ether oxygens (including phenoxy) is 4. The molecule has 1 rings (SSSR count). The monoisotopic (exact) mass is 993 g/mol. The topological polar surface area (TPSA) is 267 Å². The molecule has 70 heavy (non-hydrogen) atoms. The molecule has 7 N–H and O–H groups in total. The summed E-state index contributed by atoms with van der Waals surface area (Å²) in [7, 11) is 0. The highest BCUT2D eigenvalue weighted by Crippen LogP contribution is 2.23. The summed E-state index contributed by atoms with van der Waals surface area (Å²) in [5.74, 6) is -2.31. The Morgan fingerprint density at radius 2 is 1.19 bits per heavy atom. The normalized spacial score (nSPS) is 12.4. The maximum absolute atomic E-state index is 13.2. The van der Waals surface area contributed by atoms with E-state index in [-0.39, 0.29) is 108 Å². The van der Waals surface area contributed by atoms with Crippen LogP contribution >= 0.6 is 0 Å². The Bertz CT molecular complexity index is 1560. The Morgan fingerprint density at radius 3 is 1.76 bits per heavy atom. The number of unbranched alkanes of at least 4 members (excludes halogenated alkanes) is 15. The number of nitrogens with zero attached hydrogens (tertiary/aromatic N) is 1. The quantitative estimate of drug-likeness (QED) is 0.0391. The number of carboxylic acid groups (broad SMARTS) is 1. The van der Waals surface area contributed by atoms with E-state index in [0.29, 0.717) is 69.8 Å². The third-order valence-corrected chi connectivity index (χ3v) is 12.1. The highest BCUT2D eigenvalue weighted by Gasteiger charge is 2.33. The lowest BCUT2D eigenvalue weighted by Gasteiger charge is -2.25. The zero-order valence-corrected chi connectivity index (χ0v) is 43.2. The number of Topliss-reactive ketones (excluding diaryl/α,β-unsaturated/α-hetero) is 4. The molecule has 18 nitrogen and oxygen atoms in total. The smallest absolute Gasteiger partial charge is 0.303 e. The Morgan fingerprint density at radius 1 is 0.643 bits per heavy atom. The number of nitrogens with two attached hydrogens (primary N) is 1. The van der Waals surface area contributed by atoms with Crippen LogP contribution in [0.4, 0.5) is 0 Å². The van der Waals surface area contributed by atoms with Gasteiger partial charge >= 0.3 is 5.97 Å². The zero-order valence-electron chi connectivity index (χ0n) is 43.2. The molecule has 18 heteroatoms. The van der Waals surface area contributed by atoms with Crippen LogP contribution in [0, 0.1) is 5.41 Å². The van der Waals surface area contributed by atoms with Crippen molar-refractivity contribution in [2.24, 2.45) is 11.1 Å². The van der Waals surface area contributed by atoms with Gasteiger partial charge < -0.3 is 50.7 Å². The molecule has 1 heterocycles. The third-order valence-electron chi connectivity index (χ3n) is 12.1. The fourth-order valence-electron chi connectivity index (χ4n) is 7.67. The molecule has 0 saturated carbocycles. The fraction of sp³-hybridized carbons (Fsp3) is 0.808. The minimum atomic E-state index is -1.10. The lowest BCUT2D eigenvalue weighted by atomic mass is 9.81. The summed E-state index contributed by atoms with van der Waals surface area (Å²) < 4.78 is 21.7. The number of amides is 2. The molecule has 0 aliphatic carbocycles. The summed E-state index contributed by atoms with van der Waals surface area (Å²) in [5.41, 5.74) is 5.72. The molecule has 0 aliphatic heterocycles. The number of H-pyrrole nitrogens is 1. The van der Waals surface area contributed by atoms with E-state index in [4.69, 9.17) is 29.8 Å². The van der Waals surface area contributed by atoms with E-state index in [1.807, 2.05) is 0 Å². The summed E-state index contributed by atoms with van der Waals surface area (Å²) in [5, 5.41) is 17.5. The molecular weight excluding hydrogens is 901 g/mol. The first kappa shape index (κ1) is 64.1. The van der Waals surface area contributed by atoms with E-state index >= 15 is 0 Å². The number of rotatable bonds is 51. The van der Waals surface area contributed by atoms with E-state index in [2.05, 4.69) is 32.8 Å². The van der Waals surface area contributed by atoms with Crippen molar-refractivity contribution in [1.29, 1.82) is 0 Å². The lowest BCUT2D eigenvalue weighted by Crippen LogP contribution is -2.45. The number of imidazole rings is 1. The second-order valence-corrected chi connectivity index (χ2v) is 19.0. The first-order chi connectivity index (χ1) is 33.7. The highest BCUT2D eigenvalue weighted by molar-refractivity contribution is 5.94. The predicted octanol–water partition coefficient (Wildman–Crippen LogP) is 6.31. The van der Waals surface area contributed by atoms with Gasteiger partial charge in [-0.05, 0) is 32.1 Å². The molecule has 1 aromatic heterocycles. The van der Waals surface area contributed by atoms with Crippen LogP contribution in [-0.2, 0) is 58.9 Å². The van der Waals surface area contributed by atoms with Crippen molar-refractivity contribution in [2.75, 3.05) is 72.5 Å². The van der Waals surface area contributed by atoms with Crippen LogP contribution in [0.2, 0.25) is 0 Å². The van der Waals surface area contributed by atoms with Gasteiger partial charge in [0, 0.05) is 69.1 Å². The molecule has 0 unspecified atom stereocenters. The molecule has 0 aromatic carbocycles. The van der Waals surface area contributed by atoms with Gasteiger partial charge in [-0.3, -0.25) is 33.6 Å². The molecule has 1 aromatic rings. The summed E-state index contributed by atoms with van der Waals surface area (Å²) in [6.07, 6.45) is 25.6. The van der Waals surface area contributed by atoms with Crippen LogP contribution in [0.15, 0.2) is 12.5 Å². The lowest BCUT2D eigenvalue weighted by molar-refractivity contribution is -0.139. The second-order valence-electron chi connectivity index (χ2n) is 19.0. The Balaban J connectivity index is 2.02. The number of aromatic amines is 1. The van der Waals surface area contributed by atoms with Gasteiger partial charge in [-0.25, -0.2) is 4.98 Å². The predicted molar refractivity (Wildman–Crippen MR) is 269 cm³/mol. The Hall–Kier alpha value is -3.94. The molecule has 2 atom stereocenters. The molecule has 0 bridgehead atoms. The number of ketones is 4. The van der Waals surface area contributed by atoms with Gasteiger partial charge in [0.15, 0.2) is 11.6 Å². The number of carboxylic acids is 1. The maximum atomic E-state index is 13.2. The van der Waals surface area contributed by atoms with E-state index in [9.17, 15) is 33.6 Å².